The van der Waals surface area contributed by atoms with Crippen molar-refractivity contribution in [3.8, 4) is 6.01 Å². The lowest BCUT2D eigenvalue weighted by Gasteiger charge is -2.24. The van der Waals surface area contributed by atoms with Crippen LogP contribution in [0, 0.1) is 0 Å². The molecule has 0 radical (unpaired) electrons. The third kappa shape index (κ3) is 5.92. The zero-order valence-corrected chi connectivity index (χ0v) is 21.1. The first-order valence-electron chi connectivity index (χ1n) is 11.8. The third-order valence-corrected chi connectivity index (χ3v) is 7.22. The molecular formula is C24H34N6O3S. The molecular weight excluding hydrogens is 452 g/mol. The van der Waals surface area contributed by atoms with Crippen LogP contribution in [0.3, 0.4) is 0 Å². The van der Waals surface area contributed by atoms with Crippen molar-refractivity contribution in [2.75, 3.05) is 25.1 Å². The SMILES string of the molecule is CC(C)c1cnn2c(NCOS(=O)C(C)(C)Cc3ccccc3)nc(OC3CCCNC3)nc12. The van der Waals surface area contributed by atoms with E-state index in [1.54, 1.807) is 10.7 Å². The molecule has 34 heavy (non-hydrogen) atoms. The molecule has 3 aromatic rings. The second kappa shape index (κ2) is 10.8. The molecule has 1 aliphatic heterocycles. The summed E-state index contributed by atoms with van der Waals surface area (Å²) in [6.45, 7) is 9.85. The molecule has 10 heteroatoms. The molecule has 2 N–H and O–H groups in total. The van der Waals surface area contributed by atoms with Gasteiger partial charge in [-0.1, -0.05) is 44.2 Å². The number of anilines is 1. The molecule has 4 rings (SSSR count). The molecule has 0 aliphatic carbocycles. The van der Waals surface area contributed by atoms with Crippen LogP contribution in [0.1, 0.15) is 57.6 Å². The summed E-state index contributed by atoms with van der Waals surface area (Å²) in [7, 11) is 0. The zero-order valence-electron chi connectivity index (χ0n) is 20.3. The quantitative estimate of drug-likeness (QED) is 0.420. The molecule has 3 heterocycles. The van der Waals surface area contributed by atoms with Crippen LogP contribution in [-0.2, 0) is 21.7 Å². The van der Waals surface area contributed by atoms with Gasteiger partial charge in [-0.25, -0.2) is 4.21 Å². The lowest BCUT2D eigenvalue weighted by Crippen LogP contribution is -2.37. The topological polar surface area (TPSA) is 103 Å². The average molecular weight is 487 g/mol. The highest BCUT2D eigenvalue weighted by Crippen LogP contribution is 2.24. The number of hydrogen-bond acceptors (Lipinski definition) is 8. The van der Waals surface area contributed by atoms with Crippen LogP contribution in [0.4, 0.5) is 5.95 Å². The van der Waals surface area contributed by atoms with E-state index in [1.165, 1.54) is 0 Å². The second-order valence-corrected chi connectivity index (χ2v) is 11.3. The first-order valence-corrected chi connectivity index (χ1v) is 12.9. The van der Waals surface area contributed by atoms with E-state index in [9.17, 15) is 4.21 Å². The van der Waals surface area contributed by atoms with Crippen LogP contribution < -0.4 is 15.4 Å². The Hall–Kier alpha value is -2.56. The fraction of sp³-hybridized carbons (Fsp3) is 0.542. The van der Waals surface area contributed by atoms with Gasteiger partial charge in [-0.05, 0) is 51.1 Å². The summed E-state index contributed by atoms with van der Waals surface area (Å²) in [4.78, 5) is 9.18. The van der Waals surface area contributed by atoms with Gasteiger partial charge in [0.1, 0.15) is 12.8 Å². The predicted octanol–water partition coefficient (Wildman–Crippen LogP) is 3.45. The zero-order chi connectivity index (χ0) is 24.1. The lowest BCUT2D eigenvalue weighted by atomic mass is 10.0. The van der Waals surface area contributed by atoms with E-state index in [4.69, 9.17) is 8.92 Å². The van der Waals surface area contributed by atoms with Crippen molar-refractivity contribution in [2.24, 2.45) is 0 Å². The molecule has 1 fully saturated rings. The van der Waals surface area contributed by atoms with Crippen LogP contribution in [0.15, 0.2) is 36.5 Å². The van der Waals surface area contributed by atoms with Gasteiger partial charge in [0.2, 0.25) is 5.95 Å². The van der Waals surface area contributed by atoms with Crippen molar-refractivity contribution in [2.45, 2.75) is 63.7 Å². The van der Waals surface area contributed by atoms with Crippen molar-refractivity contribution in [3.63, 3.8) is 0 Å². The number of fused-ring (bicyclic) bond motifs is 1. The molecule has 0 saturated carbocycles. The van der Waals surface area contributed by atoms with Gasteiger partial charge in [0.05, 0.1) is 10.9 Å². The number of hydrogen-bond donors (Lipinski definition) is 2. The standard InChI is InChI=1S/C24H34N6O3S/c1-17(2)20-15-27-30-21(20)28-23(33-19-11-8-12-25-14-19)29-22(30)26-16-32-34(31)24(3,4)13-18-9-6-5-7-10-18/h5-7,9-10,15,17,19,25H,8,11-14,16H2,1-4H3,(H,26,28,29). The van der Waals surface area contributed by atoms with E-state index < -0.39 is 15.8 Å². The van der Waals surface area contributed by atoms with Crippen molar-refractivity contribution in [1.29, 1.82) is 0 Å². The maximum Gasteiger partial charge on any atom is 0.322 e. The Morgan fingerprint density at radius 3 is 2.76 bits per heavy atom. The monoisotopic (exact) mass is 486 g/mol. The first-order chi connectivity index (χ1) is 16.3. The van der Waals surface area contributed by atoms with Gasteiger partial charge >= 0.3 is 6.01 Å². The summed E-state index contributed by atoms with van der Waals surface area (Å²) < 4.78 is 25.8. The molecule has 1 aliphatic rings. The smallest absolute Gasteiger partial charge is 0.322 e. The summed E-state index contributed by atoms with van der Waals surface area (Å²) in [6.07, 6.45) is 4.48. The minimum absolute atomic E-state index is 0.0121. The molecule has 2 unspecified atom stereocenters. The van der Waals surface area contributed by atoms with E-state index in [2.05, 4.69) is 39.5 Å². The Labute approximate surface area is 203 Å². The highest BCUT2D eigenvalue weighted by molar-refractivity contribution is 7.81. The van der Waals surface area contributed by atoms with Gasteiger partial charge in [0.25, 0.3) is 0 Å². The van der Waals surface area contributed by atoms with E-state index in [0.717, 1.165) is 37.1 Å². The summed E-state index contributed by atoms with van der Waals surface area (Å²) in [5, 5.41) is 10.9. The fourth-order valence-corrected chi connectivity index (χ4v) is 4.74. The number of nitrogens with one attached hydrogen (secondary N) is 2. The van der Waals surface area contributed by atoms with Crippen molar-refractivity contribution >= 4 is 22.7 Å². The summed E-state index contributed by atoms with van der Waals surface area (Å²) in [5.41, 5.74) is 2.81. The Kier molecular flexibility index (Phi) is 7.80. The van der Waals surface area contributed by atoms with Crippen LogP contribution in [0.25, 0.3) is 5.65 Å². The molecule has 0 bridgehead atoms. The van der Waals surface area contributed by atoms with Crippen molar-refractivity contribution in [3.05, 3.63) is 47.7 Å². The molecule has 1 saturated heterocycles. The molecule has 1 aromatic carbocycles. The van der Waals surface area contributed by atoms with Gasteiger partial charge in [-0.15, -0.1) is 0 Å². The molecule has 184 valence electrons. The first kappa shape index (κ1) is 24.6. The van der Waals surface area contributed by atoms with Crippen LogP contribution in [0.5, 0.6) is 6.01 Å². The molecule has 9 nitrogen and oxygen atoms in total. The summed E-state index contributed by atoms with van der Waals surface area (Å²) in [5.74, 6) is 0.681. The minimum Gasteiger partial charge on any atom is -0.459 e. The summed E-state index contributed by atoms with van der Waals surface area (Å²) in [6, 6.07) is 10.3. The van der Waals surface area contributed by atoms with Gasteiger partial charge in [-0.3, -0.25) is 4.18 Å². The van der Waals surface area contributed by atoms with Crippen molar-refractivity contribution < 1.29 is 13.1 Å². The van der Waals surface area contributed by atoms with Gasteiger partial charge in [0.15, 0.2) is 16.7 Å². The number of rotatable bonds is 10. The molecule has 2 aromatic heterocycles. The maximum atomic E-state index is 12.9. The lowest BCUT2D eigenvalue weighted by molar-refractivity contribution is 0.153. The maximum absolute atomic E-state index is 12.9. The number of nitrogens with zero attached hydrogens (tertiary/aromatic N) is 4. The van der Waals surface area contributed by atoms with Crippen molar-refractivity contribution in [1.82, 2.24) is 24.9 Å². The van der Waals surface area contributed by atoms with Crippen LogP contribution >= 0.6 is 0 Å². The fourth-order valence-electron chi connectivity index (χ4n) is 3.97. The Morgan fingerprint density at radius 2 is 2.06 bits per heavy atom. The normalized spacial score (nSPS) is 17.7. The molecule has 0 spiro atoms. The van der Waals surface area contributed by atoms with E-state index in [1.807, 2.05) is 44.2 Å². The Bertz CT molecular complexity index is 1110. The van der Waals surface area contributed by atoms with Gasteiger partial charge in [0, 0.05) is 12.1 Å². The average Bonchev–Trinajstić information content (AvgIpc) is 3.24. The second-order valence-electron chi connectivity index (χ2n) is 9.50. The van der Waals surface area contributed by atoms with E-state index in [-0.39, 0.29) is 18.8 Å². The number of aromatic nitrogens is 4. The van der Waals surface area contributed by atoms with Gasteiger partial charge < -0.3 is 15.4 Å². The van der Waals surface area contributed by atoms with E-state index >= 15 is 0 Å². The highest BCUT2D eigenvalue weighted by atomic mass is 32.2. The Morgan fingerprint density at radius 1 is 1.26 bits per heavy atom. The number of piperidine rings is 1. The number of benzene rings is 1. The third-order valence-electron chi connectivity index (χ3n) is 5.84. The highest BCUT2D eigenvalue weighted by Gasteiger charge is 2.28. The largest absolute Gasteiger partial charge is 0.459 e. The summed E-state index contributed by atoms with van der Waals surface area (Å²) >= 11 is -1.53. The molecule has 0 amide bonds. The van der Waals surface area contributed by atoms with E-state index in [0.29, 0.717) is 24.0 Å². The van der Waals surface area contributed by atoms with Crippen LogP contribution in [-0.4, -0.2) is 54.5 Å². The van der Waals surface area contributed by atoms with Crippen LogP contribution in [0.2, 0.25) is 0 Å². The predicted molar refractivity (Wildman–Crippen MR) is 133 cm³/mol. The molecule has 2 atom stereocenters. The Balaban J connectivity index is 1.47. The minimum atomic E-state index is -1.53. The number of ether oxygens (including phenoxy) is 1. The van der Waals surface area contributed by atoms with Gasteiger partial charge in [-0.2, -0.15) is 19.6 Å².